The van der Waals surface area contributed by atoms with Gasteiger partial charge in [0.1, 0.15) is 0 Å². The van der Waals surface area contributed by atoms with Crippen LogP contribution < -0.4 is 5.32 Å². The van der Waals surface area contributed by atoms with Crippen LogP contribution in [0.1, 0.15) is 10.4 Å². The van der Waals surface area contributed by atoms with E-state index in [4.69, 9.17) is 0 Å². The summed E-state index contributed by atoms with van der Waals surface area (Å²) in [6.45, 7) is 1.19. The number of benzene rings is 1. The topological polar surface area (TPSA) is 52.6 Å². The Morgan fingerprint density at radius 1 is 1.42 bits per heavy atom. The van der Waals surface area contributed by atoms with Gasteiger partial charge in [0.05, 0.1) is 17.7 Å². The van der Waals surface area contributed by atoms with E-state index in [0.717, 1.165) is 15.6 Å². The summed E-state index contributed by atoms with van der Waals surface area (Å²) in [4.78, 5) is 14.2. The molecule has 2 atom stereocenters. The monoisotopic (exact) mass is 276 g/mol. The van der Waals surface area contributed by atoms with E-state index in [-0.39, 0.29) is 11.9 Å². The second kappa shape index (κ2) is 4.92. The first-order valence-electron chi connectivity index (χ1n) is 6.30. The molecule has 3 rings (SSSR count). The minimum absolute atomic E-state index is 0.0230. The number of carbonyl (C=O) groups excluding carboxylic acids is 1. The third-order valence-electron chi connectivity index (χ3n) is 3.68. The van der Waals surface area contributed by atoms with Crippen molar-refractivity contribution in [3.05, 3.63) is 35.2 Å². The number of hydrogen-bond acceptors (Lipinski definition) is 4. The number of nitrogens with one attached hydrogen (secondary N) is 1. The van der Waals surface area contributed by atoms with E-state index in [1.165, 1.54) is 0 Å². The molecule has 2 N–H and O–H groups in total. The van der Waals surface area contributed by atoms with Gasteiger partial charge < -0.3 is 15.3 Å². The van der Waals surface area contributed by atoms with Gasteiger partial charge >= 0.3 is 0 Å². The number of rotatable bonds is 2. The molecule has 1 saturated heterocycles. The summed E-state index contributed by atoms with van der Waals surface area (Å²) in [6, 6.07) is 7.75. The number of fused-ring (bicyclic) bond motifs is 1. The molecule has 2 heterocycles. The van der Waals surface area contributed by atoms with Crippen molar-refractivity contribution in [1.82, 2.24) is 10.2 Å². The van der Waals surface area contributed by atoms with Crippen LogP contribution in [-0.2, 0) is 0 Å². The van der Waals surface area contributed by atoms with E-state index in [0.29, 0.717) is 13.1 Å². The molecule has 1 fully saturated rings. The maximum atomic E-state index is 12.5. The van der Waals surface area contributed by atoms with Crippen molar-refractivity contribution in [3.63, 3.8) is 0 Å². The largest absolute Gasteiger partial charge is 0.390 e. The highest BCUT2D eigenvalue weighted by Crippen LogP contribution is 2.27. The summed E-state index contributed by atoms with van der Waals surface area (Å²) in [7, 11) is 1.76. The average Bonchev–Trinajstić information content (AvgIpc) is 3.03. The number of hydrogen-bond donors (Lipinski definition) is 2. The number of aliphatic hydroxyl groups excluding tert-OH is 1. The van der Waals surface area contributed by atoms with E-state index >= 15 is 0 Å². The average molecular weight is 276 g/mol. The van der Waals surface area contributed by atoms with Gasteiger partial charge in [-0.3, -0.25) is 4.79 Å². The standard InChI is InChI=1S/C14H16N2O2S/c1-16(11-6-15-7-12(11)17)14(18)10-8-19-13-5-3-2-4-9(10)13/h2-5,8,11-12,15,17H,6-7H2,1H3/t11-,12-/m1/s1. The Bertz CT molecular complexity index is 610. The summed E-state index contributed by atoms with van der Waals surface area (Å²) in [5.74, 6) is -0.0230. The molecule has 0 spiro atoms. The number of likely N-dealkylation sites (N-methyl/N-ethyl adjacent to an activating group) is 1. The van der Waals surface area contributed by atoms with E-state index in [1.54, 1.807) is 23.3 Å². The van der Waals surface area contributed by atoms with E-state index in [2.05, 4.69) is 5.32 Å². The number of carbonyl (C=O) groups is 1. The Hall–Kier alpha value is -1.43. The van der Waals surface area contributed by atoms with Crippen LogP contribution in [0.15, 0.2) is 29.6 Å². The molecule has 0 unspecified atom stereocenters. The summed E-state index contributed by atoms with van der Waals surface area (Å²) in [5, 5.41) is 15.9. The Morgan fingerprint density at radius 2 is 2.21 bits per heavy atom. The lowest BCUT2D eigenvalue weighted by Gasteiger charge is -2.26. The Kier molecular flexibility index (Phi) is 3.26. The van der Waals surface area contributed by atoms with Crippen LogP contribution in [0.3, 0.4) is 0 Å². The molecular formula is C14H16N2O2S. The van der Waals surface area contributed by atoms with Crippen molar-refractivity contribution >= 4 is 27.3 Å². The van der Waals surface area contributed by atoms with Crippen LogP contribution in [0, 0.1) is 0 Å². The van der Waals surface area contributed by atoms with Crippen molar-refractivity contribution in [2.75, 3.05) is 20.1 Å². The first-order chi connectivity index (χ1) is 9.18. The molecule has 19 heavy (non-hydrogen) atoms. The van der Waals surface area contributed by atoms with Gasteiger partial charge in [0.15, 0.2) is 0 Å². The molecule has 1 aromatic carbocycles. The number of amides is 1. The lowest BCUT2D eigenvalue weighted by molar-refractivity contribution is 0.0583. The van der Waals surface area contributed by atoms with Crippen LogP contribution >= 0.6 is 11.3 Å². The molecule has 1 aliphatic rings. The SMILES string of the molecule is CN(C(=O)c1csc2ccccc12)[C@@H]1CNC[C@H]1O. The predicted octanol–water partition coefficient (Wildman–Crippen LogP) is 1.31. The highest BCUT2D eigenvalue weighted by atomic mass is 32.1. The fourth-order valence-electron chi connectivity index (χ4n) is 2.53. The Labute approximate surface area is 115 Å². The number of β-amino-alcohol motifs (C(OH)–C–C–N with tert-alkyl or cyclic N) is 1. The first kappa shape index (κ1) is 12.6. The van der Waals surface area contributed by atoms with E-state index in [1.807, 2.05) is 29.6 Å². The van der Waals surface area contributed by atoms with Gasteiger partial charge in [-0.15, -0.1) is 11.3 Å². The van der Waals surface area contributed by atoms with Crippen molar-refractivity contribution in [3.8, 4) is 0 Å². The van der Waals surface area contributed by atoms with Crippen molar-refractivity contribution < 1.29 is 9.90 Å². The first-order valence-corrected chi connectivity index (χ1v) is 7.18. The number of thiophene rings is 1. The molecule has 2 aromatic rings. The third-order valence-corrected chi connectivity index (χ3v) is 4.64. The maximum absolute atomic E-state index is 12.5. The molecule has 5 heteroatoms. The van der Waals surface area contributed by atoms with Gasteiger partial charge in [0.25, 0.3) is 5.91 Å². The molecule has 1 aliphatic heterocycles. The number of nitrogens with zero attached hydrogens (tertiary/aromatic N) is 1. The van der Waals surface area contributed by atoms with Gasteiger partial charge in [-0.2, -0.15) is 0 Å². The minimum atomic E-state index is -0.487. The molecule has 0 saturated carbocycles. The van der Waals surface area contributed by atoms with Crippen LogP contribution in [0.5, 0.6) is 0 Å². The highest BCUT2D eigenvalue weighted by Gasteiger charge is 2.32. The highest BCUT2D eigenvalue weighted by molar-refractivity contribution is 7.17. The van der Waals surface area contributed by atoms with Crippen LogP contribution in [0.25, 0.3) is 10.1 Å². The molecule has 4 nitrogen and oxygen atoms in total. The van der Waals surface area contributed by atoms with Crippen molar-refractivity contribution in [1.29, 1.82) is 0 Å². The van der Waals surface area contributed by atoms with Crippen LogP contribution in [0.2, 0.25) is 0 Å². The van der Waals surface area contributed by atoms with Gasteiger partial charge in [0, 0.05) is 35.6 Å². The van der Waals surface area contributed by atoms with Gasteiger partial charge in [0.2, 0.25) is 0 Å². The zero-order valence-electron chi connectivity index (χ0n) is 10.7. The lowest BCUT2D eigenvalue weighted by Crippen LogP contribution is -2.44. The number of aliphatic hydroxyl groups is 1. The van der Waals surface area contributed by atoms with Crippen LogP contribution in [0.4, 0.5) is 0 Å². The van der Waals surface area contributed by atoms with Gasteiger partial charge in [-0.1, -0.05) is 18.2 Å². The summed E-state index contributed by atoms with van der Waals surface area (Å²) in [5.41, 5.74) is 0.724. The van der Waals surface area contributed by atoms with E-state index < -0.39 is 6.10 Å². The second-order valence-corrected chi connectivity index (χ2v) is 5.77. The molecule has 0 aliphatic carbocycles. The molecule has 0 radical (unpaired) electrons. The smallest absolute Gasteiger partial charge is 0.255 e. The molecule has 1 aromatic heterocycles. The van der Waals surface area contributed by atoms with Gasteiger partial charge in [-0.05, 0) is 6.07 Å². The minimum Gasteiger partial charge on any atom is -0.390 e. The summed E-state index contributed by atoms with van der Waals surface area (Å²) in [6.07, 6.45) is -0.487. The lowest BCUT2D eigenvalue weighted by atomic mass is 10.1. The van der Waals surface area contributed by atoms with Crippen molar-refractivity contribution in [2.24, 2.45) is 0 Å². The zero-order valence-corrected chi connectivity index (χ0v) is 11.5. The van der Waals surface area contributed by atoms with Gasteiger partial charge in [-0.25, -0.2) is 0 Å². The quantitative estimate of drug-likeness (QED) is 0.869. The van der Waals surface area contributed by atoms with Crippen molar-refractivity contribution in [2.45, 2.75) is 12.1 Å². The second-order valence-electron chi connectivity index (χ2n) is 4.85. The molecular weight excluding hydrogens is 260 g/mol. The Morgan fingerprint density at radius 3 is 2.95 bits per heavy atom. The normalized spacial score (nSPS) is 22.8. The Balaban J connectivity index is 1.91. The predicted molar refractivity (Wildman–Crippen MR) is 76.6 cm³/mol. The fraction of sp³-hybridized carbons (Fsp3) is 0.357. The molecule has 1 amide bonds. The van der Waals surface area contributed by atoms with Crippen LogP contribution in [-0.4, -0.2) is 48.2 Å². The maximum Gasteiger partial charge on any atom is 0.255 e. The third kappa shape index (κ3) is 2.14. The summed E-state index contributed by atoms with van der Waals surface area (Å²) >= 11 is 1.58. The zero-order chi connectivity index (χ0) is 13.4. The fourth-order valence-corrected chi connectivity index (χ4v) is 3.46. The molecule has 0 bridgehead atoms. The van der Waals surface area contributed by atoms with E-state index in [9.17, 15) is 9.90 Å². The molecule has 100 valence electrons. The summed E-state index contributed by atoms with van der Waals surface area (Å²) < 4.78 is 1.12.